The molecule has 0 unspecified atom stereocenters. The van der Waals surface area contributed by atoms with Gasteiger partial charge in [0.2, 0.25) is 0 Å². The summed E-state index contributed by atoms with van der Waals surface area (Å²) in [6.07, 6.45) is 8.28. The fourth-order valence-electron chi connectivity index (χ4n) is 3.64. The van der Waals surface area contributed by atoms with E-state index in [1.54, 1.807) is 0 Å². The first-order valence-corrected chi connectivity index (χ1v) is 10.8. The highest BCUT2D eigenvalue weighted by Crippen LogP contribution is 2.23. The van der Waals surface area contributed by atoms with E-state index < -0.39 is 0 Å². The molecule has 1 aromatic heterocycles. The number of hydrogen-bond acceptors (Lipinski definition) is 5. The van der Waals surface area contributed by atoms with E-state index in [9.17, 15) is 0 Å². The Balaban J connectivity index is 0.000000208. The molecular formula is C21H40N4O2. The molecule has 0 radical (unpaired) electrons. The molecular weight excluding hydrogens is 340 g/mol. The molecule has 1 aromatic rings. The highest BCUT2D eigenvalue weighted by molar-refractivity contribution is 5.10. The van der Waals surface area contributed by atoms with E-state index in [4.69, 9.17) is 9.47 Å². The van der Waals surface area contributed by atoms with Crippen molar-refractivity contribution in [3.05, 3.63) is 17.5 Å². The third-order valence-electron chi connectivity index (χ3n) is 5.21. The lowest BCUT2D eigenvalue weighted by Gasteiger charge is -2.20. The van der Waals surface area contributed by atoms with Gasteiger partial charge >= 0.3 is 0 Å². The molecule has 6 heteroatoms. The normalized spacial score (nSPS) is 17.5. The molecule has 3 rings (SSSR count). The van der Waals surface area contributed by atoms with E-state index in [1.165, 1.54) is 37.8 Å². The molecule has 0 spiro atoms. The highest BCUT2D eigenvalue weighted by Gasteiger charge is 2.13. The standard InChI is InChI=1S/C11H20N4O.C10H20O/c1-12-3-4-14(2)8-10-7-11-9-16-6-5-15(11)13-10;1-2-8-11-9-10-6-4-3-5-7-10/h7,12H,3-6,8-9H2,1-2H3;10H,2-9H2,1H3. The van der Waals surface area contributed by atoms with E-state index >= 15 is 0 Å². The minimum atomic E-state index is 0.702. The summed E-state index contributed by atoms with van der Waals surface area (Å²) in [5.41, 5.74) is 2.34. The number of nitrogens with zero attached hydrogens (tertiary/aromatic N) is 3. The van der Waals surface area contributed by atoms with Crippen molar-refractivity contribution in [2.75, 3.05) is 47.0 Å². The lowest BCUT2D eigenvalue weighted by Crippen LogP contribution is -2.27. The summed E-state index contributed by atoms with van der Waals surface area (Å²) < 4.78 is 13.0. The number of rotatable bonds is 9. The van der Waals surface area contributed by atoms with Crippen molar-refractivity contribution in [1.82, 2.24) is 20.0 Å². The van der Waals surface area contributed by atoms with Crippen molar-refractivity contribution in [1.29, 1.82) is 0 Å². The second kappa shape index (κ2) is 13.3. The van der Waals surface area contributed by atoms with Gasteiger partial charge in [0.25, 0.3) is 0 Å². The topological polar surface area (TPSA) is 51.5 Å². The van der Waals surface area contributed by atoms with Crippen molar-refractivity contribution in [3.63, 3.8) is 0 Å². The van der Waals surface area contributed by atoms with E-state index in [2.05, 4.69) is 40.0 Å². The van der Waals surface area contributed by atoms with E-state index in [-0.39, 0.29) is 0 Å². The van der Waals surface area contributed by atoms with E-state index in [0.717, 1.165) is 64.0 Å². The second-order valence-electron chi connectivity index (χ2n) is 7.82. The van der Waals surface area contributed by atoms with Gasteiger partial charge in [0.15, 0.2) is 0 Å². The maximum atomic E-state index is 5.52. The molecule has 0 amide bonds. The van der Waals surface area contributed by atoms with Crippen molar-refractivity contribution < 1.29 is 9.47 Å². The molecule has 0 bridgehead atoms. The quantitative estimate of drug-likeness (QED) is 0.667. The molecule has 1 aliphatic heterocycles. The predicted octanol–water partition coefficient (Wildman–Crippen LogP) is 3.06. The van der Waals surface area contributed by atoms with Crippen molar-refractivity contribution in [2.45, 2.75) is 65.1 Å². The van der Waals surface area contributed by atoms with Gasteiger partial charge in [-0.05, 0) is 45.3 Å². The summed E-state index contributed by atoms with van der Waals surface area (Å²) in [5, 5.41) is 7.72. The lowest BCUT2D eigenvalue weighted by atomic mass is 9.90. The van der Waals surface area contributed by atoms with Gasteiger partial charge in [0.1, 0.15) is 0 Å². The third kappa shape index (κ3) is 8.73. The number of likely N-dealkylation sites (N-methyl/N-ethyl adjacent to an activating group) is 2. The van der Waals surface area contributed by atoms with E-state index in [1.807, 2.05) is 7.05 Å². The fourth-order valence-corrected chi connectivity index (χ4v) is 3.64. The SMILES string of the molecule is CCCOCC1CCCCC1.CNCCN(C)Cc1cc2n(n1)CCOC2. The minimum absolute atomic E-state index is 0.702. The average Bonchev–Trinajstić information content (AvgIpc) is 3.10. The van der Waals surface area contributed by atoms with Gasteiger partial charge in [-0.2, -0.15) is 5.10 Å². The largest absolute Gasteiger partial charge is 0.381 e. The number of aromatic nitrogens is 2. The molecule has 0 atom stereocenters. The number of nitrogens with one attached hydrogen (secondary N) is 1. The first-order chi connectivity index (χ1) is 13.2. The number of fused-ring (bicyclic) bond motifs is 1. The van der Waals surface area contributed by atoms with Gasteiger partial charge in [0.05, 0.1) is 31.1 Å². The Bertz CT molecular complexity index is 477. The van der Waals surface area contributed by atoms with Gasteiger partial charge in [0, 0.05) is 32.8 Å². The summed E-state index contributed by atoms with van der Waals surface area (Å²) in [4.78, 5) is 2.27. The van der Waals surface area contributed by atoms with Gasteiger partial charge in [-0.15, -0.1) is 0 Å². The van der Waals surface area contributed by atoms with Crippen LogP contribution < -0.4 is 5.32 Å². The van der Waals surface area contributed by atoms with Crippen LogP contribution >= 0.6 is 0 Å². The third-order valence-corrected chi connectivity index (χ3v) is 5.21. The van der Waals surface area contributed by atoms with Crippen LogP contribution in [-0.4, -0.2) is 61.7 Å². The Morgan fingerprint density at radius 1 is 1.33 bits per heavy atom. The van der Waals surface area contributed by atoms with Crippen LogP contribution in [0.2, 0.25) is 0 Å². The van der Waals surface area contributed by atoms with E-state index in [0.29, 0.717) is 6.61 Å². The van der Waals surface area contributed by atoms with Crippen LogP contribution in [0, 0.1) is 5.92 Å². The minimum Gasteiger partial charge on any atom is -0.381 e. The predicted molar refractivity (Wildman–Crippen MR) is 110 cm³/mol. The van der Waals surface area contributed by atoms with Gasteiger partial charge in [-0.1, -0.05) is 26.2 Å². The Morgan fingerprint density at radius 3 is 2.85 bits per heavy atom. The smallest absolute Gasteiger partial charge is 0.0885 e. The summed E-state index contributed by atoms with van der Waals surface area (Å²) in [7, 11) is 4.09. The maximum absolute atomic E-state index is 5.52. The van der Waals surface area contributed by atoms with Crippen LogP contribution in [0.4, 0.5) is 0 Å². The molecule has 1 N–H and O–H groups in total. The molecule has 27 heavy (non-hydrogen) atoms. The molecule has 1 fully saturated rings. The molecule has 156 valence electrons. The fraction of sp³-hybridized carbons (Fsp3) is 0.857. The molecule has 2 aliphatic rings. The first-order valence-electron chi connectivity index (χ1n) is 10.8. The van der Waals surface area contributed by atoms with Crippen LogP contribution in [0.3, 0.4) is 0 Å². The molecule has 1 aliphatic carbocycles. The zero-order valence-electron chi connectivity index (χ0n) is 17.7. The molecule has 6 nitrogen and oxygen atoms in total. The van der Waals surface area contributed by atoms with Gasteiger partial charge < -0.3 is 14.8 Å². The maximum Gasteiger partial charge on any atom is 0.0885 e. The van der Waals surface area contributed by atoms with Gasteiger partial charge in [-0.25, -0.2) is 0 Å². The van der Waals surface area contributed by atoms with Gasteiger partial charge in [-0.3, -0.25) is 9.58 Å². The first kappa shape index (κ1) is 22.3. The van der Waals surface area contributed by atoms with Crippen molar-refractivity contribution in [2.24, 2.45) is 5.92 Å². The summed E-state index contributed by atoms with van der Waals surface area (Å²) in [6.45, 7) is 9.46. The summed E-state index contributed by atoms with van der Waals surface area (Å²) in [6, 6.07) is 2.15. The monoisotopic (exact) mass is 380 g/mol. The molecule has 0 aromatic carbocycles. The lowest BCUT2D eigenvalue weighted by molar-refractivity contribution is 0.0799. The summed E-state index contributed by atoms with van der Waals surface area (Å²) in [5.74, 6) is 0.885. The number of hydrogen-bond donors (Lipinski definition) is 1. The molecule has 1 saturated carbocycles. The molecule has 0 saturated heterocycles. The Kier molecular flexibility index (Phi) is 11.0. The zero-order valence-corrected chi connectivity index (χ0v) is 17.7. The van der Waals surface area contributed by atoms with Crippen LogP contribution in [0.5, 0.6) is 0 Å². The average molecular weight is 381 g/mol. The van der Waals surface area contributed by atoms with Crippen molar-refractivity contribution >= 4 is 0 Å². The Hall–Kier alpha value is -0.950. The van der Waals surface area contributed by atoms with Crippen LogP contribution in [0.25, 0.3) is 0 Å². The van der Waals surface area contributed by atoms with Crippen LogP contribution in [0.1, 0.15) is 56.8 Å². The molecule has 2 heterocycles. The van der Waals surface area contributed by atoms with Crippen LogP contribution in [-0.2, 0) is 29.2 Å². The Morgan fingerprint density at radius 2 is 2.15 bits per heavy atom. The van der Waals surface area contributed by atoms with Crippen molar-refractivity contribution in [3.8, 4) is 0 Å². The Labute approximate surface area is 165 Å². The summed E-state index contributed by atoms with van der Waals surface area (Å²) >= 11 is 0. The zero-order chi connectivity index (χ0) is 19.3. The van der Waals surface area contributed by atoms with Crippen LogP contribution in [0.15, 0.2) is 6.07 Å². The highest BCUT2D eigenvalue weighted by atomic mass is 16.5. The second-order valence-corrected chi connectivity index (χ2v) is 7.82. The number of ether oxygens (including phenoxy) is 2.